The number of nitrogens with two attached hydrogens (primary N) is 1. The van der Waals surface area contributed by atoms with Gasteiger partial charge >= 0.3 is 0 Å². The van der Waals surface area contributed by atoms with Crippen molar-refractivity contribution in [3.8, 4) is 6.07 Å². The lowest BCUT2D eigenvalue weighted by Crippen LogP contribution is -2.33. The standard InChI is InChI=1S/C16H18N4O2/c1-16(2)6-11(21)14-12(7-16)22-15(18)9(8-17)13(14)10-4-5-20(3)19-10/h4-5,13H,6-7,18H2,1-3H3/t13-/m0/s1. The lowest BCUT2D eigenvalue weighted by molar-refractivity contribution is -0.119. The predicted molar refractivity (Wildman–Crippen MR) is 78.9 cm³/mol. The fourth-order valence-corrected chi connectivity index (χ4v) is 3.17. The molecule has 0 saturated heterocycles. The first-order valence-corrected chi connectivity index (χ1v) is 7.16. The molecule has 6 nitrogen and oxygen atoms in total. The Bertz CT molecular complexity index is 761. The molecule has 0 fully saturated rings. The van der Waals surface area contributed by atoms with E-state index in [2.05, 4.69) is 11.2 Å². The smallest absolute Gasteiger partial charge is 0.205 e. The van der Waals surface area contributed by atoms with Gasteiger partial charge in [-0.1, -0.05) is 13.8 Å². The summed E-state index contributed by atoms with van der Waals surface area (Å²) >= 11 is 0. The Labute approximate surface area is 128 Å². The zero-order valence-corrected chi connectivity index (χ0v) is 12.9. The largest absolute Gasteiger partial charge is 0.444 e. The molecule has 6 heteroatoms. The Morgan fingerprint density at radius 1 is 1.50 bits per heavy atom. The molecule has 1 aromatic rings. The van der Waals surface area contributed by atoms with E-state index in [4.69, 9.17) is 10.5 Å². The summed E-state index contributed by atoms with van der Waals surface area (Å²) < 4.78 is 7.26. The van der Waals surface area contributed by atoms with Gasteiger partial charge < -0.3 is 10.5 Å². The zero-order valence-electron chi connectivity index (χ0n) is 12.9. The van der Waals surface area contributed by atoms with Crippen LogP contribution in [0.1, 0.15) is 38.3 Å². The highest BCUT2D eigenvalue weighted by molar-refractivity contribution is 5.99. The first-order valence-electron chi connectivity index (χ1n) is 7.16. The molecule has 2 N–H and O–H groups in total. The highest BCUT2D eigenvalue weighted by Crippen LogP contribution is 2.47. The van der Waals surface area contributed by atoms with E-state index in [1.165, 1.54) is 0 Å². The van der Waals surface area contributed by atoms with Gasteiger partial charge in [0.05, 0.1) is 11.6 Å². The van der Waals surface area contributed by atoms with Crippen molar-refractivity contribution in [3.63, 3.8) is 0 Å². The summed E-state index contributed by atoms with van der Waals surface area (Å²) in [7, 11) is 1.79. The second-order valence-corrected chi connectivity index (χ2v) is 6.62. The van der Waals surface area contributed by atoms with E-state index in [-0.39, 0.29) is 22.7 Å². The molecular formula is C16H18N4O2. The molecule has 0 spiro atoms. The summed E-state index contributed by atoms with van der Waals surface area (Å²) in [5.41, 5.74) is 7.18. The van der Waals surface area contributed by atoms with Crippen LogP contribution in [-0.2, 0) is 16.6 Å². The summed E-state index contributed by atoms with van der Waals surface area (Å²) in [5, 5.41) is 13.8. The maximum Gasteiger partial charge on any atom is 0.205 e. The van der Waals surface area contributed by atoms with E-state index in [1.54, 1.807) is 24.0 Å². The average molecular weight is 298 g/mol. The van der Waals surface area contributed by atoms with E-state index < -0.39 is 5.92 Å². The molecule has 1 aliphatic carbocycles. The number of ether oxygens (including phenoxy) is 1. The van der Waals surface area contributed by atoms with Crippen LogP contribution in [0.5, 0.6) is 0 Å². The molecular weight excluding hydrogens is 280 g/mol. The number of ketones is 1. The minimum absolute atomic E-state index is 0.00199. The first kappa shape index (κ1) is 14.4. The third-order valence-electron chi connectivity index (χ3n) is 4.11. The molecule has 0 radical (unpaired) electrons. The normalized spacial score (nSPS) is 23.9. The number of aryl methyl sites for hydroxylation is 1. The van der Waals surface area contributed by atoms with Crippen molar-refractivity contribution in [3.05, 3.63) is 40.7 Å². The monoisotopic (exact) mass is 298 g/mol. The van der Waals surface area contributed by atoms with Crippen LogP contribution in [0, 0.1) is 16.7 Å². The van der Waals surface area contributed by atoms with Crippen molar-refractivity contribution in [2.75, 3.05) is 0 Å². The van der Waals surface area contributed by atoms with Gasteiger partial charge in [-0.25, -0.2) is 0 Å². The third-order valence-corrected chi connectivity index (χ3v) is 4.11. The Hall–Kier alpha value is -2.55. The van der Waals surface area contributed by atoms with Gasteiger partial charge in [0.1, 0.15) is 17.4 Å². The number of carbonyl (C=O) groups is 1. The Kier molecular flexibility index (Phi) is 3.10. The van der Waals surface area contributed by atoms with Crippen molar-refractivity contribution >= 4 is 5.78 Å². The van der Waals surface area contributed by atoms with Crippen LogP contribution in [0.15, 0.2) is 35.1 Å². The van der Waals surface area contributed by atoms with Crippen LogP contribution < -0.4 is 5.73 Å². The van der Waals surface area contributed by atoms with Crippen LogP contribution in [0.3, 0.4) is 0 Å². The molecule has 22 heavy (non-hydrogen) atoms. The van der Waals surface area contributed by atoms with Gasteiger partial charge in [0, 0.05) is 31.7 Å². The van der Waals surface area contributed by atoms with Gasteiger partial charge in [-0.15, -0.1) is 0 Å². The van der Waals surface area contributed by atoms with Crippen molar-refractivity contribution in [2.24, 2.45) is 18.2 Å². The zero-order chi connectivity index (χ0) is 16.1. The molecule has 1 aliphatic heterocycles. The molecule has 0 amide bonds. The van der Waals surface area contributed by atoms with Gasteiger partial charge in [0.15, 0.2) is 5.78 Å². The number of allylic oxidation sites excluding steroid dienone is 3. The predicted octanol–water partition coefficient (Wildman–Crippen LogP) is 1.87. The van der Waals surface area contributed by atoms with E-state index >= 15 is 0 Å². The van der Waals surface area contributed by atoms with E-state index in [9.17, 15) is 10.1 Å². The van der Waals surface area contributed by atoms with Crippen LogP contribution in [0.4, 0.5) is 0 Å². The Morgan fingerprint density at radius 3 is 2.82 bits per heavy atom. The van der Waals surface area contributed by atoms with Crippen molar-refractivity contribution in [1.82, 2.24) is 9.78 Å². The van der Waals surface area contributed by atoms with Crippen molar-refractivity contribution in [1.29, 1.82) is 5.26 Å². The summed E-state index contributed by atoms with van der Waals surface area (Å²) in [5.74, 6) is 0.122. The Morgan fingerprint density at radius 2 is 2.23 bits per heavy atom. The molecule has 0 unspecified atom stereocenters. The van der Waals surface area contributed by atoms with Crippen molar-refractivity contribution < 1.29 is 9.53 Å². The summed E-state index contributed by atoms with van der Waals surface area (Å²) in [6, 6.07) is 3.88. The highest BCUT2D eigenvalue weighted by atomic mass is 16.5. The molecule has 0 saturated carbocycles. The maximum atomic E-state index is 12.7. The van der Waals surface area contributed by atoms with Crippen LogP contribution >= 0.6 is 0 Å². The number of nitrogens with zero attached hydrogens (tertiary/aromatic N) is 3. The number of hydrogen-bond acceptors (Lipinski definition) is 5. The molecule has 2 heterocycles. The third kappa shape index (κ3) is 2.19. The van der Waals surface area contributed by atoms with Gasteiger partial charge in [0.2, 0.25) is 5.88 Å². The van der Waals surface area contributed by atoms with Gasteiger partial charge in [0.25, 0.3) is 0 Å². The molecule has 114 valence electrons. The van der Waals surface area contributed by atoms with Gasteiger partial charge in [-0.05, 0) is 11.5 Å². The fraction of sp³-hybridized carbons (Fsp3) is 0.438. The summed E-state index contributed by atoms with van der Waals surface area (Å²) in [6.07, 6.45) is 2.83. The lowest BCUT2D eigenvalue weighted by atomic mass is 9.71. The molecule has 0 bridgehead atoms. The highest BCUT2D eigenvalue weighted by Gasteiger charge is 2.43. The second-order valence-electron chi connectivity index (χ2n) is 6.62. The van der Waals surface area contributed by atoms with Gasteiger partial charge in [-0.2, -0.15) is 10.4 Å². The van der Waals surface area contributed by atoms with Gasteiger partial charge in [-0.3, -0.25) is 9.48 Å². The lowest BCUT2D eigenvalue weighted by Gasteiger charge is -2.36. The Balaban J connectivity index is 2.17. The summed E-state index contributed by atoms with van der Waals surface area (Å²) in [4.78, 5) is 12.7. The van der Waals surface area contributed by atoms with Crippen LogP contribution in [-0.4, -0.2) is 15.6 Å². The number of carbonyl (C=O) groups excluding carboxylic acids is 1. The molecule has 1 aromatic heterocycles. The number of rotatable bonds is 1. The first-order chi connectivity index (χ1) is 10.3. The van der Waals surface area contributed by atoms with Crippen LogP contribution in [0.2, 0.25) is 0 Å². The topological polar surface area (TPSA) is 93.9 Å². The SMILES string of the molecule is Cn1ccc([C@@H]2C(C#N)=C(N)OC3=C2C(=O)CC(C)(C)C3)n1. The van der Waals surface area contributed by atoms with Crippen LogP contribution in [0.25, 0.3) is 0 Å². The molecule has 1 atom stereocenters. The number of aromatic nitrogens is 2. The van der Waals surface area contributed by atoms with E-state index in [0.29, 0.717) is 29.9 Å². The molecule has 3 rings (SSSR count). The molecule has 0 aromatic carbocycles. The number of hydrogen-bond donors (Lipinski definition) is 1. The fourth-order valence-electron chi connectivity index (χ4n) is 3.17. The summed E-state index contributed by atoms with van der Waals surface area (Å²) in [6.45, 7) is 4.04. The quantitative estimate of drug-likeness (QED) is 0.854. The number of nitriles is 1. The minimum Gasteiger partial charge on any atom is -0.444 e. The van der Waals surface area contributed by atoms with E-state index in [1.807, 2.05) is 13.8 Å². The maximum absolute atomic E-state index is 12.7. The average Bonchev–Trinajstić information content (AvgIpc) is 2.82. The molecule has 2 aliphatic rings. The minimum atomic E-state index is -0.529. The van der Waals surface area contributed by atoms with Crippen molar-refractivity contribution in [2.45, 2.75) is 32.6 Å². The van der Waals surface area contributed by atoms with E-state index in [0.717, 1.165) is 0 Å². The second kappa shape index (κ2) is 4.73. The number of Topliss-reactive ketones (excluding diaryl/α,β-unsaturated/α-hetero) is 1.